The van der Waals surface area contributed by atoms with Crippen LogP contribution in [-0.4, -0.2) is 52.7 Å². The van der Waals surface area contributed by atoms with Gasteiger partial charge in [-0.15, -0.1) is 17.7 Å². The maximum absolute atomic E-state index is 13.6. The van der Waals surface area contributed by atoms with E-state index in [0.717, 1.165) is 29.3 Å². The fourth-order valence-corrected chi connectivity index (χ4v) is 6.37. The number of thiol groups is 1. The molecule has 2 aliphatic rings. The molecule has 1 saturated heterocycles. The molecule has 0 amide bonds. The molecule has 1 aliphatic carbocycles. The van der Waals surface area contributed by atoms with Gasteiger partial charge in [-0.05, 0) is 49.2 Å². The summed E-state index contributed by atoms with van der Waals surface area (Å²) in [7, 11) is -3.97. The van der Waals surface area contributed by atoms with E-state index in [1.54, 1.807) is 30.3 Å². The van der Waals surface area contributed by atoms with Crippen molar-refractivity contribution in [2.75, 3.05) is 29.4 Å². The molecule has 180 valence electrons. The zero-order valence-electron chi connectivity index (χ0n) is 18.3. The van der Waals surface area contributed by atoms with Crippen LogP contribution in [0.1, 0.15) is 12.8 Å². The Bertz CT molecular complexity index is 1540. The standard InChI is InChI=1S/C23H20ClFN6O2S2/c24-18-2-1-3-19-20(18)21(28-31(19)35(32,33)17-6-4-16(34)5-7-17)30-11-10-29(14-23(30)8-9-23)22-26-12-15(25)13-27-22/h1-7,12-13,34H,8-11,14H2. The van der Waals surface area contributed by atoms with Crippen molar-refractivity contribution in [3.05, 3.63) is 65.7 Å². The number of nitrogens with zero attached hydrogens (tertiary/aromatic N) is 6. The Balaban J connectivity index is 1.43. The summed E-state index contributed by atoms with van der Waals surface area (Å²) >= 11 is 10.9. The zero-order chi connectivity index (χ0) is 24.4. The molecule has 0 bridgehead atoms. The van der Waals surface area contributed by atoms with Crippen LogP contribution in [0.4, 0.5) is 16.2 Å². The molecule has 1 saturated carbocycles. The highest BCUT2D eigenvalue weighted by Gasteiger charge is 2.53. The first-order chi connectivity index (χ1) is 16.8. The van der Waals surface area contributed by atoms with Gasteiger partial charge in [0.05, 0.1) is 38.8 Å². The summed E-state index contributed by atoms with van der Waals surface area (Å²) in [6, 6.07) is 11.5. The van der Waals surface area contributed by atoms with Crippen molar-refractivity contribution < 1.29 is 12.8 Å². The smallest absolute Gasteiger partial charge is 0.283 e. The molecule has 6 rings (SSSR count). The minimum absolute atomic E-state index is 0.116. The molecule has 12 heteroatoms. The lowest BCUT2D eigenvalue weighted by Gasteiger charge is -2.42. The predicted octanol–water partition coefficient (Wildman–Crippen LogP) is 4.00. The molecule has 35 heavy (non-hydrogen) atoms. The molecule has 0 N–H and O–H groups in total. The number of halogens is 2. The maximum Gasteiger partial charge on any atom is 0.283 e. The van der Waals surface area contributed by atoms with E-state index in [4.69, 9.17) is 11.6 Å². The quantitative estimate of drug-likeness (QED) is 0.399. The van der Waals surface area contributed by atoms with Gasteiger partial charge in [0.2, 0.25) is 5.95 Å². The molecule has 3 heterocycles. The number of fused-ring (bicyclic) bond motifs is 1. The van der Waals surface area contributed by atoms with Gasteiger partial charge in [-0.3, -0.25) is 0 Å². The normalized spacial score (nSPS) is 17.3. The van der Waals surface area contributed by atoms with E-state index in [2.05, 4.69) is 32.6 Å². The Morgan fingerprint density at radius 1 is 1.03 bits per heavy atom. The van der Waals surface area contributed by atoms with Crippen LogP contribution in [-0.2, 0) is 10.0 Å². The molecule has 2 fully saturated rings. The lowest BCUT2D eigenvalue weighted by Crippen LogP contribution is -2.56. The second kappa shape index (κ2) is 8.07. The fourth-order valence-electron chi connectivity index (χ4n) is 4.69. The molecular formula is C23H20ClFN6O2S2. The van der Waals surface area contributed by atoms with Crippen LogP contribution in [0, 0.1) is 5.82 Å². The van der Waals surface area contributed by atoms with Crippen molar-refractivity contribution in [2.45, 2.75) is 28.2 Å². The van der Waals surface area contributed by atoms with Crippen molar-refractivity contribution in [3.8, 4) is 0 Å². The first-order valence-corrected chi connectivity index (χ1v) is 13.3. The molecular weight excluding hydrogens is 511 g/mol. The molecule has 8 nitrogen and oxygen atoms in total. The summed E-state index contributed by atoms with van der Waals surface area (Å²) in [5.74, 6) is 0.531. The van der Waals surface area contributed by atoms with Crippen LogP contribution in [0.2, 0.25) is 5.02 Å². The van der Waals surface area contributed by atoms with Crippen LogP contribution in [0.15, 0.2) is 64.6 Å². The number of anilines is 2. The third-order valence-corrected chi connectivity index (χ3v) is 8.81. The summed E-state index contributed by atoms with van der Waals surface area (Å²) in [5.41, 5.74) is 0.168. The van der Waals surface area contributed by atoms with E-state index in [1.165, 1.54) is 12.1 Å². The van der Waals surface area contributed by atoms with Gasteiger partial charge in [-0.25, -0.2) is 14.4 Å². The Morgan fingerprint density at radius 3 is 2.43 bits per heavy atom. The summed E-state index contributed by atoms with van der Waals surface area (Å²) in [6.07, 6.45) is 4.13. The third-order valence-electron chi connectivity index (χ3n) is 6.59. The Kier molecular flexibility index (Phi) is 5.20. The topological polar surface area (TPSA) is 84.2 Å². The van der Waals surface area contributed by atoms with E-state index in [1.807, 2.05) is 4.90 Å². The molecule has 0 radical (unpaired) electrons. The fraction of sp³-hybridized carbons (Fsp3) is 0.261. The van der Waals surface area contributed by atoms with Gasteiger partial charge >= 0.3 is 0 Å². The van der Waals surface area contributed by atoms with Gasteiger partial charge in [-0.1, -0.05) is 17.7 Å². The van der Waals surface area contributed by atoms with Gasteiger partial charge in [0, 0.05) is 24.5 Å². The molecule has 0 atom stereocenters. The van der Waals surface area contributed by atoms with Crippen LogP contribution in [0.25, 0.3) is 10.9 Å². The minimum atomic E-state index is -3.97. The third kappa shape index (κ3) is 3.73. The molecule has 1 spiro atoms. The van der Waals surface area contributed by atoms with Gasteiger partial charge in [-0.2, -0.15) is 12.5 Å². The van der Waals surface area contributed by atoms with Crippen molar-refractivity contribution in [1.29, 1.82) is 0 Å². The number of hydrogen-bond acceptors (Lipinski definition) is 8. The van der Waals surface area contributed by atoms with E-state index in [0.29, 0.717) is 52.2 Å². The first-order valence-electron chi connectivity index (χ1n) is 11.0. The number of piperazine rings is 1. The van der Waals surface area contributed by atoms with Crippen LogP contribution >= 0.6 is 24.2 Å². The monoisotopic (exact) mass is 530 g/mol. The lowest BCUT2D eigenvalue weighted by molar-refractivity contribution is 0.497. The maximum atomic E-state index is 13.6. The predicted molar refractivity (Wildman–Crippen MR) is 135 cm³/mol. The van der Waals surface area contributed by atoms with Crippen molar-refractivity contribution >= 4 is 56.9 Å². The minimum Gasteiger partial charge on any atom is -0.345 e. The number of hydrogen-bond donors (Lipinski definition) is 1. The Hall–Kier alpha value is -2.89. The second-order valence-corrected chi connectivity index (χ2v) is 11.5. The van der Waals surface area contributed by atoms with Gasteiger partial charge in [0.15, 0.2) is 11.6 Å². The molecule has 1 aliphatic heterocycles. The Labute approximate surface area is 211 Å². The van der Waals surface area contributed by atoms with Crippen LogP contribution in [0.5, 0.6) is 0 Å². The zero-order valence-corrected chi connectivity index (χ0v) is 20.8. The lowest BCUT2D eigenvalue weighted by atomic mass is 10.1. The highest BCUT2D eigenvalue weighted by molar-refractivity contribution is 7.90. The van der Waals surface area contributed by atoms with Gasteiger partial charge < -0.3 is 9.80 Å². The van der Waals surface area contributed by atoms with Gasteiger partial charge in [0.25, 0.3) is 10.0 Å². The molecule has 2 aromatic carbocycles. The van der Waals surface area contributed by atoms with E-state index in [-0.39, 0.29) is 10.4 Å². The second-order valence-electron chi connectivity index (χ2n) is 8.80. The molecule has 4 aromatic rings. The van der Waals surface area contributed by atoms with Crippen LogP contribution < -0.4 is 9.80 Å². The molecule has 0 unspecified atom stereocenters. The number of aromatic nitrogens is 4. The van der Waals surface area contributed by atoms with Crippen molar-refractivity contribution in [3.63, 3.8) is 0 Å². The van der Waals surface area contributed by atoms with E-state index < -0.39 is 15.8 Å². The van der Waals surface area contributed by atoms with E-state index >= 15 is 0 Å². The average molecular weight is 531 g/mol. The first kappa shape index (κ1) is 22.6. The summed E-state index contributed by atoms with van der Waals surface area (Å²) in [4.78, 5) is 13.2. The Morgan fingerprint density at radius 2 is 1.74 bits per heavy atom. The van der Waals surface area contributed by atoms with Gasteiger partial charge in [0.1, 0.15) is 0 Å². The number of rotatable bonds is 4. The summed E-state index contributed by atoms with van der Waals surface area (Å²) in [6.45, 7) is 1.75. The number of benzene rings is 2. The summed E-state index contributed by atoms with van der Waals surface area (Å²) in [5, 5.41) is 5.67. The average Bonchev–Trinajstić information content (AvgIpc) is 3.48. The largest absolute Gasteiger partial charge is 0.345 e. The highest BCUT2D eigenvalue weighted by Crippen LogP contribution is 2.49. The van der Waals surface area contributed by atoms with Crippen LogP contribution in [0.3, 0.4) is 0 Å². The summed E-state index contributed by atoms with van der Waals surface area (Å²) < 4.78 is 41.5. The molecule has 2 aromatic heterocycles. The van der Waals surface area contributed by atoms with E-state index in [9.17, 15) is 12.8 Å². The highest BCUT2D eigenvalue weighted by atomic mass is 35.5. The van der Waals surface area contributed by atoms with Crippen molar-refractivity contribution in [2.24, 2.45) is 0 Å². The SMILES string of the molecule is O=S(=O)(c1ccc(S)cc1)n1nc(N2CCN(c3ncc(F)cn3)CC23CC3)c2c(Cl)cccc21. The van der Waals surface area contributed by atoms with Crippen molar-refractivity contribution in [1.82, 2.24) is 19.2 Å².